The number of rotatable bonds is 5. The zero-order valence-corrected chi connectivity index (χ0v) is 56.3. The van der Waals surface area contributed by atoms with E-state index in [0.29, 0.717) is 0 Å². The lowest BCUT2D eigenvalue weighted by Crippen LogP contribution is -1.82. The molecular formula is C95H70O5. The Balaban J connectivity index is 0.0000000972. The predicted octanol–water partition coefficient (Wildman–Crippen LogP) is 27.8. The normalized spacial score (nSPS) is 11.2. The summed E-state index contributed by atoms with van der Waals surface area (Å²) in [5.41, 5.74) is 27.8. The second-order valence-corrected chi connectivity index (χ2v) is 25.6. The van der Waals surface area contributed by atoms with E-state index in [1.807, 2.05) is 60.7 Å². The van der Waals surface area contributed by atoms with Crippen LogP contribution in [0.5, 0.6) is 0 Å². The molecule has 0 N–H and O–H groups in total. The van der Waals surface area contributed by atoms with Gasteiger partial charge in [-0.2, -0.15) is 0 Å². The molecule has 0 saturated heterocycles. The summed E-state index contributed by atoms with van der Waals surface area (Å²) in [6.45, 7) is 10.6. The van der Waals surface area contributed by atoms with Gasteiger partial charge in [-0.1, -0.05) is 320 Å². The van der Waals surface area contributed by atoms with Gasteiger partial charge < -0.3 is 22.1 Å². The number of fused-ring (bicyclic) bond motifs is 15. The number of para-hydroxylation sites is 9. The molecule has 5 heterocycles. The van der Waals surface area contributed by atoms with Gasteiger partial charge in [0.05, 0.1) is 0 Å². The summed E-state index contributed by atoms with van der Waals surface area (Å²) in [5, 5.41) is 11.8. The van der Waals surface area contributed by atoms with E-state index in [2.05, 4.69) is 308 Å². The molecule has 0 spiro atoms. The van der Waals surface area contributed by atoms with Crippen molar-refractivity contribution in [3.05, 3.63) is 361 Å². The molecule has 20 rings (SSSR count). The zero-order chi connectivity index (χ0) is 67.6. The van der Waals surface area contributed by atoms with Crippen LogP contribution in [-0.4, -0.2) is 0 Å². The van der Waals surface area contributed by atoms with Crippen molar-refractivity contribution in [1.82, 2.24) is 0 Å². The summed E-state index contributed by atoms with van der Waals surface area (Å²) in [7, 11) is 0. The van der Waals surface area contributed by atoms with E-state index in [9.17, 15) is 0 Å². The van der Waals surface area contributed by atoms with Gasteiger partial charge >= 0.3 is 0 Å². The maximum absolute atomic E-state index is 6.17. The Labute approximate surface area is 580 Å². The lowest BCUT2D eigenvalue weighted by atomic mass is 9.98. The van der Waals surface area contributed by atoms with Crippen LogP contribution < -0.4 is 0 Å². The minimum absolute atomic E-state index is 0.946. The third-order valence-corrected chi connectivity index (χ3v) is 18.9. The first-order valence-corrected chi connectivity index (χ1v) is 34.0. The van der Waals surface area contributed by atoms with E-state index in [4.69, 9.17) is 22.1 Å². The number of hydrogen-bond donors (Lipinski definition) is 0. The highest BCUT2D eigenvalue weighted by molar-refractivity contribution is 6.14. The average molecular weight is 1290 g/mol. The van der Waals surface area contributed by atoms with E-state index in [1.165, 1.54) is 115 Å². The molecule has 0 bridgehead atoms. The molecule has 0 saturated carbocycles. The van der Waals surface area contributed by atoms with Crippen LogP contribution in [-0.2, 0) is 0 Å². The van der Waals surface area contributed by atoms with Crippen LogP contribution in [0.2, 0.25) is 0 Å². The van der Waals surface area contributed by atoms with Crippen LogP contribution in [0.1, 0.15) is 27.8 Å². The second kappa shape index (κ2) is 27.1. The highest BCUT2D eigenvalue weighted by atomic mass is 16.3. The SMILES string of the molecule is Cc1ccc(-c2cccc3c2oc2ccccc23)cc1.Cc1ccc(-c2cccc3oc4ccccc4c23)cc1.Cc1cccc(-c2cccc3c2oc2ccccc23)c1.Cc1cccc2c1oc1c(-c3ccccc3)cccc12.Cc1ccccc1-c1cccc2c1oc1ccccc12. The first kappa shape index (κ1) is 62.1. The largest absolute Gasteiger partial charge is 0.456 e. The molecule has 20 aromatic rings. The van der Waals surface area contributed by atoms with Crippen molar-refractivity contribution in [2.45, 2.75) is 34.6 Å². The van der Waals surface area contributed by atoms with Gasteiger partial charge in [-0.15, -0.1) is 0 Å². The Morgan fingerprint density at radius 3 is 1.04 bits per heavy atom. The molecule has 5 heteroatoms. The van der Waals surface area contributed by atoms with Crippen molar-refractivity contribution < 1.29 is 22.1 Å². The van der Waals surface area contributed by atoms with Crippen molar-refractivity contribution in [3.8, 4) is 55.6 Å². The van der Waals surface area contributed by atoms with Crippen molar-refractivity contribution >= 4 is 110 Å². The Morgan fingerprint density at radius 2 is 0.500 bits per heavy atom. The Kier molecular flexibility index (Phi) is 16.8. The molecule has 0 unspecified atom stereocenters. The molecule has 0 aliphatic heterocycles. The fraction of sp³-hybridized carbons (Fsp3) is 0.0526. The second-order valence-electron chi connectivity index (χ2n) is 25.6. The molecule has 480 valence electrons. The Hall–Kier alpha value is -12.7. The van der Waals surface area contributed by atoms with Crippen molar-refractivity contribution in [2.24, 2.45) is 0 Å². The molecule has 0 amide bonds. The standard InChI is InChI=1S/5C19H14O/c1-13-6-4-7-14(12-13)15-9-5-10-17-16-8-2-3-11-18(16)20-19(15)17;1-13-7-2-3-8-14(13)16-10-6-11-17-15-9-4-5-12-18(15)20-19(16)17;1-13-9-11-14(12-10-13)15-6-4-7-17-16-5-2-3-8-18(16)20-19(15)17;1-13-9-11-14(12-10-13)15-6-4-8-18-19(15)16-5-2-3-7-17(16)20-18;1-13-7-5-11-16-17-12-6-10-15(19(17)20-18(13)16)14-8-3-2-4-9-14/h5*2-12H,1H3. The highest BCUT2D eigenvalue weighted by Crippen LogP contribution is 2.42. The van der Waals surface area contributed by atoms with Crippen molar-refractivity contribution in [1.29, 1.82) is 0 Å². The summed E-state index contributed by atoms with van der Waals surface area (Å²) < 4.78 is 30.3. The topological polar surface area (TPSA) is 65.7 Å². The summed E-state index contributed by atoms with van der Waals surface area (Å²) in [6, 6.07) is 115. The summed E-state index contributed by atoms with van der Waals surface area (Å²) in [5.74, 6) is 0. The van der Waals surface area contributed by atoms with Gasteiger partial charge in [-0.05, 0) is 109 Å². The summed E-state index contributed by atoms with van der Waals surface area (Å²) in [4.78, 5) is 0. The predicted molar refractivity (Wildman–Crippen MR) is 419 cm³/mol. The van der Waals surface area contributed by atoms with Gasteiger partial charge in [0.25, 0.3) is 0 Å². The highest BCUT2D eigenvalue weighted by Gasteiger charge is 2.18. The van der Waals surface area contributed by atoms with E-state index in [1.54, 1.807) is 0 Å². The third-order valence-electron chi connectivity index (χ3n) is 18.9. The number of aryl methyl sites for hydroxylation is 5. The maximum atomic E-state index is 6.17. The Morgan fingerprint density at radius 1 is 0.170 bits per heavy atom. The Bertz CT molecular complexity index is 6320. The number of benzene rings is 15. The van der Waals surface area contributed by atoms with Gasteiger partial charge in [-0.3, -0.25) is 0 Å². The molecule has 0 radical (unpaired) electrons. The third kappa shape index (κ3) is 12.0. The van der Waals surface area contributed by atoms with Gasteiger partial charge in [-0.25, -0.2) is 0 Å². The zero-order valence-electron chi connectivity index (χ0n) is 56.3. The van der Waals surface area contributed by atoms with Crippen molar-refractivity contribution in [2.75, 3.05) is 0 Å². The van der Waals surface area contributed by atoms with Gasteiger partial charge in [0.15, 0.2) is 0 Å². The van der Waals surface area contributed by atoms with Crippen LogP contribution >= 0.6 is 0 Å². The summed E-state index contributed by atoms with van der Waals surface area (Å²) in [6.07, 6.45) is 0. The molecule has 5 nitrogen and oxygen atoms in total. The smallest absolute Gasteiger partial charge is 0.143 e. The molecule has 0 aliphatic rings. The first-order valence-electron chi connectivity index (χ1n) is 34.0. The van der Waals surface area contributed by atoms with Crippen LogP contribution in [0.3, 0.4) is 0 Å². The molecule has 0 atom stereocenters. The van der Waals surface area contributed by atoms with Gasteiger partial charge in [0.2, 0.25) is 0 Å². The van der Waals surface area contributed by atoms with E-state index < -0.39 is 0 Å². The lowest BCUT2D eigenvalue weighted by molar-refractivity contribution is 0.666. The molecule has 15 aromatic carbocycles. The van der Waals surface area contributed by atoms with E-state index in [-0.39, 0.29) is 0 Å². The van der Waals surface area contributed by atoms with Gasteiger partial charge in [0.1, 0.15) is 55.8 Å². The van der Waals surface area contributed by atoms with Crippen LogP contribution in [0, 0.1) is 34.6 Å². The molecule has 0 fully saturated rings. The first-order chi connectivity index (χ1) is 49.2. The lowest BCUT2D eigenvalue weighted by Gasteiger charge is -2.06. The number of furan rings is 5. The minimum atomic E-state index is 0.946. The van der Waals surface area contributed by atoms with Crippen LogP contribution in [0.4, 0.5) is 0 Å². The molecular weight excluding hydrogens is 1220 g/mol. The van der Waals surface area contributed by atoms with Crippen LogP contribution in [0.25, 0.3) is 165 Å². The molecule has 5 aromatic heterocycles. The van der Waals surface area contributed by atoms with Gasteiger partial charge in [0, 0.05) is 76.1 Å². The number of hydrogen-bond acceptors (Lipinski definition) is 5. The molecule has 100 heavy (non-hydrogen) atoms. The average Bonchev–Trinajstić information content (AvgIpc) is 1.65. The fourth-order valence-electron chi connectivity index (χ4n) is 13.9. The fourth-order valence-corrected chi connectivity index (χ4v) is 13.9. The monoisotopic (exact) mass is 1290 g/mol. The maximum Gasteiger partial charge on any atom is 0.143 e. The summed E-state index contributed by atoms with van der Waals surface area (Å²) >= 11 is 0. The van der Waals surface area contributed by atoms with E-state index >= 15 is 0 Å². The quantitative estimate of drug-likeness (QED) is 0.172. The minimum Gasteiger partial charge on any atom is -0.456 e. The molecule has 0 aliphatic carbocycles. The van der Waals surface area contributed by atoms with Crippen molar-refractivity contribution in [3.63, 3.8) is 0 Å². The van der Waals surface area contributed by atoms with Crippen LogP contribution in [0.15, 0.2) is 356 Å². The van der Waals surface area contributed by atoms with E-state index in [0.717, 1.165) is 78.1 Å².